The Morgan fingerprint density at radius 2 is 1.94 bits per heavy atom. The van der Waals surface area contributed by atoms with Crippen LogP contribution >= 0.6 is 11.3 Å². The third-order valence-corrected chi connectivity index (χ3v) is 8.70. The average molecular weight is 458 g/mol. The third-order valence-electron chi connectivity index (χ3n) is 6.06. The number of fused-ring (bicyclic) bond motifs is 1. The van der Waals surface area contributed by atoms with Crippen LogP contribution in [0.5, 0.6) is 0 Å². The number of carbonyl (C=O) groups is 1. The SMILES string of the molecule is Cc1ccc(-c2csc3ncn(CC(=O)N(C4CC4)C4CCS(=O)(=O)C4)c(=O)c23)cc1. The van der Waals surface area contributed by atoms with E-state index in [1.807, 2.05) is 36.6 Å². The third kappa shape index (κ3) is 3.92. The Morgan fingerprint density at radius 1 is 1.19 bits per heavy atom. The molecule has 7 nitrogen and oxygen atoms in total. The van der Waals surface area contributed by atoms with Gasteiger partial charge in [-0.2, -0.15) is 0 Å². The Labute approximate surface area is 184 Å². The highest BCUT2D eigenvalue weighted by Gasteiger charge is 2.42. The van der Waals surface area contributed by atoms with Gasteiger partial charge in [0.05, 0.1) is 23.2 Å². The van der Waals surface area contributed by atoms with E-state index in [2.05, 4.69) is 4.98 Å². The minimum absolute atomic E-state index is 0.0174. The van der Waals surface area contributed by atoms with Crippen LogP contribution in [-0.2, 0) is 21.2 Å². The molecule has 3 heterocycles. The number of aromatic nitrogens is 2. The van der Waals surface area contributed by atoms with Gasteiger partial charge in [0.15, 0.2) is 9.84 Å². The molecule has 0 bridgehead atoms. The molecule has 1 atom stereocenters. The molecule has 162 valence electrons. The smallest absolute Gasteiger partial charge is 0.263 e. The number of amides is 1. The first-order chi connectivity index (χ1) is 14.8. The van der Waals surface area contributed by atoms with Gasteiger partial charge in [-0.05, 0) is 31.7 Å². The lowest BCUT2D eigenvalue weighted by Gasteiger charge is -2.28. The molecule has 2 aromatic heterocycles. The van der Waals surface area contributed by atoms with Crippen molar-refractivity contribution in [2.45, 2.75) is 44.8 Å². The van der Waals surface area contributed by atoms with E-state index >= 15 is 0 Å². The van der Waals surface area contributed by atoms with Gasteiger partial charge in [-0.25, -0.2) is 13.4 Å². The van der Waals surface area contributed by atoms with E-state index in [1.165, 1.54) is 22.2 Å². The molecule has 9 heteroatoms. The largest absolute Gasteiger partial charge is 0.334 e. The van der Waals surface area contributed by atoms with Crippen molar-refractivity contribution in [1.82, 2.24) is 14.5 Å². The fourth-order valence-electron chi connectivity index (χ4n) is 4.31. The van der Waals surface area contributed by atoms with Gasteiger partial charge in [0, 0.05) is 23.0 Å². The second kappa shape index (κ2) is 7.56. The maximum absolute atomic E-state index is 13.3. The van der Waals surface area contributed by atoms with Crippen LogP contribution in [0.25, 0.3) is 21.3 Å². The lowest BCUT2D eigenvalue weighted by Crippen LogP contribution is -2.45. The molecule has 2 aliphatic rings. The van der Waals surface area contributed by atoms with E-state index in [4.69, 9.17) is 0 Å². The van der Waals surface area contributed by atoms with E-state index in [0.29, 0.717) is 16.6 Å². The number of benzene rings is 1. The first-order valence-corrected chi connectivity index (χ1v) is 13.1. The van der Waals surface area contributed by atoms with Crippen molar-refractivity contribution in [3.05, 3.63) is 51.9 Å². The lowest BCUT2D eigenvalue weighted by molar-refractivity contribution is -0.134. The zero-order valence-electron chi connectivity index (χ0n) is 17.2. The van der Waals surface area contributed by atoms with E-state index in [-0.39, 0.29) is 41.6 Å². The van der Waals surface area contributed by atoms with Crippen LogP contribution < -0.4 is 5.56 Å². The van der Waals surface area contributed by atoms with Gasteiger partial charge >= 0.3 is 0 Å². The molecule has 1 aliphatic heterocycles. The minimum Gasteiger partial charge on any atom is -0.334 e. The predicted octanol–water partition coefficient (Wildman–Crippen LogP) is 2.61. The van der Waals surface area contributed by atoms with Crippen molar-refractivity contribution in [2.75, 3.05) is 11.5 Å². The summed E-state index contributed by atoms with van der Waals surface area (Å²) in [5, 5.41) is 2.45. The molecule has 1 aromatic carbocycles. The van der Waals surface area contributed by atoms with Gasteiger partial charge in [-0.1, -0.05) is 29.8 Å². The van der Waals surface area contributed by atoms with Crippen molar-refractivity contribution < 1.29 is 13.2 Å². The maximum Gasteiger partial charge on any atom is 0.263 e. The van der Waals surface area contributed by atoms with Crippen LogP contribution in [0.15, 0.2) is 40.8 Å². The molecule has 2 fully saturated rings. The first kappa shape index (κ1) is 20.4. The molecule has 1 saturated carbocycles. The average Bonchev–Trinajstić information content (AvgIpc) is 3.35. The molecule has 1 unspecified atom stereocenters. The van der Waals surface area contributed by atoms with Crippen molar-refractivity contribution in [3.63, 3.8) is 0 Å². The molecule has 0 radical (unpaired) electrons. The normalized spacial score (nSPS) is 20.2. The highest BCUT2D eigenvalue weighted by molar-refractivity contribution is 7.91. The van der Waals surface area contributed by atoms with Gasteiger partial charge in [0.25, 0.3) is 5.56 Å². The van der Waals surface area contributed by atoms with Crippen LogP contribution in [0.2, 0.25) is 0 Å². The fraction of sp³-hybridized carbons (Fsp3) is 0.409. The number of nitrogens with zero attached hydrogens (tertiary/aromatic N) is 3. The Bertz CT molecular complexity index is 1320. The number of rotatable bonds is 5. The van der Waals surface area contributed by atoms with Crippen LogP contribution in [0.1, 0.15) is 24.8 Å². The summed E-state index contributed by atoms with van der Waals surface area (Å²) in [5.74, 6) is -0.0695. The molecule has 0 N–H and O–H groups in total. The molecule has 31 heavy (non-hydrogen) atoms. The van der Waals surface area contributed by atoms with Crippen LogP contribution in [-0.4, -0.2) is 52.4 Å². The topological polar surface area (TPSA) is 89.3 Å². The summed E-state index contributed by atoms with van der Waals surface area (Å²) in [6.45, 7) is 1.88. The standard InChI is InChI=1S/C22H23N3O4S2/c1-14-2-4-15(5-3-14)18-11-30-21-20(18)22(27)24(13-23-21)10-19(26)25(16-6-7-16)17-8-9-31(28,29)12-17/h2-5,11,13,16-17H,6-10,12H2,1H3. The quantitative estimate of drug-likeness (QED) is 0.588. The zero-order chi connectivity index (χ0) is 21.8. The molecule has 3 aromatic rings. The minimum atomic E-state index is -3.09. The van der Waals surface area contributed by atoms with Crippen LogP contribution in [0.4, 0.5) is 0 Å². The summed E-state index contributed by atoms with van der Waals surface area (Å²) in [4.78, 5) is 33.2. The Morgan fingerprint density at radius 3 is 2.58 bits per heavy atom. The number of carbonyl (C=O) groups excluding carboxylic acids is 1. The van der Waals surface area contributed by atoms with Crippen molar-refractivity contribution in [2.24, 2.45) is 0 Å². The van der Waals surface area contributed by atoms with E-state index in [1.54, 1.807) is 4.90 Å². The molecule has 0 spiro atoms. The second-order valence-corrected chi connectivity index (χ2v) is 11.5. The van der Waals surface area contributed by atoms with E-state index in [9.17, 15) is 18.0 Å². The number of hydrogen-bond donors (Lipinski definition) is 0. The molecular weight excluding hydrogens is 434 g/mol. The van der Waals surface area contributed by atoms with Crippen LogP contribution in [0.3, 0.4) is 0 Å². The fourth-order valence-corrected chi connectivity index (χ4v) is 6.92. The Balaban J connectivity index is 1.47. The molecule has 1 saturated heterocycles. The number of sulfone groups is 1. The summed E-state index contributed by atoms with van der Waals surface area (Å²) in [5.41, 5.74) is 2.65. The van der Waals surface area contributed by atoms with Crippen LogP contribution in [0, 0.1) is 6.92 Å². The highest BCUT2D eigenvalue weighted by atomic mass is 32.2. The summed E-state index contributed by atoms with van der Waals surface area (Å²) >= 11 is 1.41. The van der Waals surface area contributed by atoms with Crippen molar-refractivity contribution in [1.29, 1.82) is 0 Å². The molecule has 1 amide bonds. The second-order valence-electron chi connectivity index (χ2n) is 8.46. The maximum atomic E-state index is 13.3. The summed E-state index contributed by atoms with van der Waals surface area (Å²) < 4.78 is 25.2. The molecule has 1 aliphatic carbocycles. The van der Waals surface area contributed by atoms with Gasteiger partial charge < -0.3 is 4.90 Å². The lowest BCUT2D eigenvalue weighted by atomic mass is 10.1. The highest BCUT2D eigenvalue weighted by Crippen LogP contribution is 2.33. The van der Waals surface area contributed by atoms with Gasteiger partial charge in [0.2, 0.25) is 5.91 Å². The summed E-state index contributed by atoms with van der Waals surface area (Å²) in [6, 6.07) is 7.76. The number of thiophene rings is 1. The van der Waals surface area contributed by atoms with E-state index < -0.39 is 9.84 Å². The first-order valence-electron chi connectivity index (χ1n) is 10.4. The number of aryl methyl sites for hydroxylation is 1. The molecular formula is C22H23N3O4S2. The van der Waals surface area contributed by atoms with Gasteiger partial charge in [-0.3, -0.25) is 14.2 Å². The van der Waals surface area contributed by atoms with Crippen molar-refractivity contribution in [3.8, 4) is 11.1 Å². The van der Waals surface area contributed by atoms with Gasteiger partial charge in [-0.15, -0.1) is 11.3 Å². The zero-order valence-corrected chi connectivity index (χ0v) is 18.8. The molecule has 5 rings (SSSR count). The van der Waals surface area contributed by atoms with Crippen molar-refractivity contribution >= 4 is 37.3 Å². The Hall–Kier alpha value is -2.52. The Kier molecular flexibility index (Phi) is 4.97. The van der Waals surface area contributed by atoms with Gasteiger partial charge in [0.1, 0.15) is 11.4 Å². The summed E-state index contributed by atoms with van der Waals surface area (Å²) in [6.07, 6.45) is 3.67. The van der Waals surface area contributed by atoms with E-state index in [0.717, 1.165) is 29.5 Å². The predicted molar refractivity (Wildman–Crippen MR) is 121 cm³/mol. The number of hydrogen-bond acceptors (Lipinski definition) is 6. The monoisotopic (exact) mass is 457 g/mol. The summed E-state index contributed by atoms with van der Waals surface area (Å²) in [7, 11) is -3.09.